The van der Waals surface area contributed by atoms with E-state index in [1.807, 2.05) is 39.0 Å². The van der Waals surface area contributed by atoms with E-state index in [0.29, 0.717) is 5.16 Å². The van der Waals surface area contributed by atoms with E-state index in [1.165, 1.54) is 11.8 Å². The first-order valence-corrected chi connectivity index (χ1v) is 11.2. The van der Waals surface area contributed by atoms with Crippen molar-refractivity contribution in [2.24, 2.45) is 5.10 Å². The van der Waals surface area contributed by atoms with Gasteiger partial charge in [-0.25, -0.2) is 15.4 Å². The SMILES string of the molecule is Cc1cc(C)nc(SCC(=O)N/N=C\c2cc(C)n(-c3ccc4ncccc4c3)c2C)n1. The van der Waals surface area contributed by atoms with Crippen LogP contribution in [0.1, 0.15) is 28.3 Å². The van der Waals surface area contributed by atoms with Crippen LogP contribution in [0.2, 0.25) is 0 Å². The number of rotatable bonds is 6. The van der Waals surface area contributed by atoms with Gasteiger partial charge in [0, 0.05) is 45.6 Å². The Morgan fingerprint density at radius 3 is 2.66 bits per heavy atom. The zero-order valence-electron chi connectivity index (χ0n) is 18.5. The predicted molar refractivity (Wildman–Crippen MR) is 129 cm³/mol. The fraction of sp³-hybridized carbons (Fsp3) is 0.208. The number of hydrazone groups is 1. The summed E-state index contributed by atoms with van der Waals surface area (Å²) in [5.41, 5.74) is 9.46. The number of nitrogens with zero attached hydrogens (tertiary/aromatic N) is 5. The van der Waals surface area contributed by atoms with Crippen LogP contribution in [0.15, 0.2) is 58.9 Å². The summed E-state index contributed by atoms with van der Waals surface area (Å²) in [6.07, 6.45) is 3.47. The van der Waals surface area contributed by atoms with E-state index in [1.54, 1.807) is 12.4 Å². The van der Waals surface area contributed by atoms with Gasteiger partial charge in [0.05, 0.1) is 17.5 Å². The molecule has 32 heavy (non-hydrogen) atoms. The third-order valence-corrected chi connectivity index (χ3v) is 5.85. The monoisotopic (exact) mass is 444 g/mol. The van der Waals surface area contributed by atoms with Gasteiger partial charge < -0.3 is 4.57 Å². The van der Waals surface area contributed by atoms with Gasteiger partial charge in [0.1, 0.15) is 0 Å². The number of amides is 1. The van der Waals surface area contributed by atoms with Crippen molar-refractivity contribution in [2.75, 3.05) is 5.75 Å². The standard InChI is InChI=1S/C24H24N6OS/c1-15-10-16(2)28-24(27-15)32-14-23(31)29-26-13-20-11-17(3)30(18(20)4)21-7-8-22-19(12-21)6-5-9-25-22/h5-13H,14H2,1-4H3,(H,29,31)/b26-13-. The molecular formula is C24H24N6OS. The predicted octanol–water partition coefficient (Wildman–Crippen LogP) is 4.29. The molecule has 0 bridgehead atoms. The van der Waals surface area contributed by atoms with Crippen molar-refractivity contribution in [1.29, 1.82) is 0 Å². The maximum Gasteiger partial charge on any atom is 0.250 e. The molecule has 1 N–H and O–H groups in total. The third kappa shape index (κ3) is 4.86. The van der Waals surface area contributed by atoms with Gasteiger partial charge in [-0.3, -0.25) is 9.78 Å². The molecule has 0 unspecified atom stereocenters. The quantitative estimate of drug-likeness (QED) is 0.208. The first-order chi connectivity index (χ1) is 15.4. The third-order valence-electron chi connectivity index (χ3n) is 5.00. The Labute approximate surface area is 191 Å². The highest BCUT2D eigenvalue weighted by molar-refractivity contribution is 7.99. The number of nitrogens with one attached hydrogen (secondary N) is 1. The summed E-state index contributed by atoms with van der Waals surface area (Å²) >= 11 is 1.29. The van der Waals surface area contributed by atoms with E-state index >= 15 is 0 Å². The second-order valence-corrected chi connectivity index (χ2v) is 8.50. The van der Waals surface area contributed by atoms with Crippen LogP contribution in [-0.4, -0.2) is 37.4 Å². The van der Waals surface area contributed by atoms with Gasteiger partial charge in [0.15, 0.2) is 5.16 Å². The molecule has 8 heteroatoms. The van der Waals surface area contributed by atoms with Gasteiger partial charge >= 0.3 is 0 Å². The van der Waals surface area contributed by atoms with Crippen molar-refractivity contribution in [3.63, 3.8) is 0 Å². The molecule has 4 aromatic rings. The average molecular weight is 445 g/mol. The fourth-order valence-electron chi connectivity index (χ4n) is 3.61. The lowest BCUT2D eigenvalue weighted by molar-refractivity contribution is -0.118. The van der Waals surface area contributed by atoms with Crippen molar-refractivity contribution in [3.8, 4) is 5.69 Å². The van der Waals surface area contributed by atoms with Gasteiger partial charge in [0.25, 0.3) is 5.91 Å². The van der Waals surface area contributed by atoms with Crippen molar-refractivity contribution in [1.82, 2.24) is 24.9 Å². The number of carbonyl (C=O) groups is 1. The number of fused-ring (bicyclic) bond motifs is 1. The van der Waals surface area contributed by atoms with Crippen LogP contribution in [0, 0.1) is 27.7 Å². The van der Waals surface area contributed by atoms with Crippen LogP contribution < -0.4 is 5.43 Å². The van der Waals surface area contributed by atoms with E-state index < -0.39 is 0 Å². The van der Waals surface area contributed by atoms with Crippen molar-refractivity contribution in [3.05, 3.63) is 77.0 Å². The number of pyridine rings is 1. The molecule has 0 fully saturated rings. The summed E-state index contributed by atoms with van der Waals surface area (Å²) in [7, 11) is 0. The van der Waals surface area contributed by atoms with Crippen LogP contribution in [0.25, 0.3) is 16.6 Å². The van der Waals surface area contributed by atoms with Crippen LogP contribution in [0.3, 0.4) is 0 Å². The normalized spacial score (nSPS) is 11.4. The number of benzene rings is 1. The second kappa shape index (κ2) is 9.32. The molecule has 162 valence electrons. The molecule has 0 radical (unpaired) electrons. The minimum absolute atomic E-state index is 0.199. The molecule has 3 heterocycles. The van der Waals surface area contributed by atoms with E-state index in [4.69, 9.17) is 0 Å². The van der Waals surface area contributed by atoms with E-state index in [9.17, 15) is 4.79 Å². The first kappa shape index (κ1) is 21.7. The highest BCUT2D eigenvalue weighted by Gasteiger charge is 2.11. The smallest absolute Gasteiger partial charge is 0.250 e. The van der Waals surface area contributed by atoms with Crippen LogP contribution in [0.4, 0.5) is 0 Å². The minimum Gasteiger partial charge on any atom is -0.318 e. The molecule has 0 atom stereocenters. The van der Waals surface area contributed by atoms with E-state index in [0.717, 1.165) is 44.9 Å². The number of hydrogen-bond acceptors (Lipinski definition) is 6. The Kier molecular flexibility index (Phi) is 6.32. The number of carbonyl (C=O) groups excluding carboxylic acids is 1. The maximum atomic E-state index is 12.2. The Balaban J connectivity index is 1.43. The molecule has 0 saturated carbocycles. The molecular weight excluding hydrogens is 420 g/mol. The molecule has 1 aromatic carbocycles. The zero-order valence-corrected chi connectivity index (χ0v) is 19.3. The molecule has 1 amide bonds. The molecule has 0 saturated heterocycles. The molecule has 0 aliphatic rings. The van der Waals surface area contributed by atoms with Gasteiger partial charge in [-0.2, -0.15) is 5.10 Å². The Morgan fingerprint density at radius 2 is 1.88 bits per heavy atom. The van der Waals surface area contributed by atoms with Crippen LogP contribution in [-0.2, 0) is 4.79 Å². The molecule has 0 spiro atoms. The van der Waals surface area contributed by atoms with Crippen LogP contribution in [0.5, 0.6) is 0 Å². The maximum absolute atomic E-state index is 12.2. The average Bonchev–Trinajstić information content (AvgIpc) is 3.04. The lowest BCUT2D eigenvalue weighted by Gasteiger charge is -2.10. The zero-order chi connectivity index (χ0) is 22.7. The van der Waals surface area contributed by atoms with Gasteiger partial charge in [0.2, 0.25) is 0 Å². The molecule has 0 aliphatic carbocycles. The summed E-state index contributed by atoms with van der Waals surface area (Å²) < 4.78 is 2.17. The first-order valence-electron chi connectivity index (χ1n) is 10.2. The minimum atomic E-state index is -0.204. The van der Waals surface area contributed by atoms with E-state index in [-0.39, 0.29) is 11.7 Å². The van der Waals surface area contributed by atoms with Crippen molar-refractivity contribution in [2.45, 2.75) is 32.9 Å². The summed E-state index contributed by atoms with van der Waals surface area (Å²) in [5.74, 6) is -0.00506. The summed E-state index contributed by atoms with van der Waals surface area (Å²) in [5, 5.41) is 5.83. The molecule has 0 aliphatic heterocycles. The van der Waals surface area contributed by atoms with Crippen LogP contribution >= 0.6 is 11.8 Å². The number of aryl methyl sites for hydroxylation is 3. The second-order valence-electron chi connectivity index (χ2n) is 7.56. The topological polar surface area (TPSA) is 85.1 Å². The lowest BCUT2D eigenvalue weighted by Crippen LogP contribution is -2.19. The fourth-order valence-corrected chi connectivity index (χ4v) is 4.35. The van der Waals surface area contributed by atoms with Gasteiger partial charge in [-0.1, -0.05) is 17.8 Å². The van der Waals surface area contributed by atoms with Crippen molar-refractivity contribution >= 4 is 34.8 Å². The molecule has 4 rings (SSSR count). The van der Waals surface area contributed by atoms with Gasteiger partial charge in [-0.15, -0.1) is 0 Å². The molecule has 7 nitrogen and oxygen atoms in total. The Morgan fingerprint density at radius 1 is 1.09 bits per heavy atom. The van der Waals surface area contributed by atoms with E-state index in [2.05, 4.69) is 61.2 Å². The molecule has 3 aromatic heterocycles. The largest absolute Gasteiger partial charge is 0.318 e. The lowest BCUT2D eigenvalue weighted by atomic mass is 10.2. The Bertz CT molecular complexity index is 1310. The highest BCUT2D eigenvalue weighted by atomic mass is 32.2. The highest BCUT2D eigenvalue weighted by Crippen LogP contribution is 2.23. The Hall–Kier alpha value is -3.52. The number of hydrogen-bond donors (Lipinski definition) is 1. The summed E-state index contributed by atoms with van der Waals surface area (Å²) in [6, 6.07) is 14.2. The van der Waals surface area contributed by atoms with Crippen molar-refractivity contribution < 1.29 is 4.79 Å². The summed E-state index contributed by atoms with van der Waals surface area (Å²) in [6.45, 7) is 7.91. The number of thioether (sulfide) groups is 1. The summed E-state index contributed by atoms with van der Waals surface area (Å²) in [4.78, 5) is 25.2. The number of aromatic nitrogens is 4. The van der Waals surface area contributed by atoms with Gasteiger partial charge in [-0.05, 0) is 64.1 Å².